The van der Waals surface area contributed by atoms with Crippen molar-refractivity contribution in [2.45, 2.75) is 39.0 Å². The zero-order valence-corrected chi connectivity index (χ0v) is 12.1. The molecule has 110 valence electrons. The minimum absolute atomic E-state index is 0.222. The number of rotatable bonds is 11. The third kappa shape index (κ3) is 24.5. The number of carboxylic acids is 1. The molecular weight excluding hydrogens is 234 g/mol. The fraction of sp³-hybridized carbons (Fsp3) is 0.923. The first-order chi connectivity index (χ1) is 8.68. The third-order valence-corrected chi connectivity index (χ3v) is 2.29. The van der Waals surface area contributed by atoms with Gasteiger partial charge in [0.15, 0.2) is 0 Å². The minimum atomic E-state index is -0.925. The molecule has 0 fully saturated rings. The van der Waals surface area contributed by atoms with E-state index in [1.807, 2.05) is 0 Å². The topological polar surface area (TPSA) is 75.2 Å². The van der Waals surface area contributed by atoms with E-state index in [1.54, 1.807) is 14.2 Å². The zero-order chi connectivity index (χ0) is 14.1. The van der Waals surface area contributed by atoms with Gasteiger partial charge in [-0.2, -0.15) is 0 Å². The molecule has 0 radical (unpaired) electrons. The lowest BCUT2D eigenvalue weighted by atomic mass is 10.2. The molecule has 0 bridgehead atoms. The van der Waals surface area contributed by atoms with E-state index < -0.39 is 5.97 Å². The molecule has 0 aromatic carbocycles. The number of unbranched alkanes of at least 4 members (excludes halogenated alkanes) is 3. The number of hydrogen-bond donors (Lipinski definition) is 1. The first-order valence-electron chi connectivity index (χ1n) is 6.68. The smallest absolute Gasteiger partial charge is 0.0993 e. The van der Waals surface area contributed by atoms with Crippen LogP contribution in [0.15, 0.2) is 0 Å². The molecule has 0 atom stereocenters. The highest BCUT2D eigenvalue weighted by Crippen LogP contribution is 2.00. The Morgan fingerprint density at radius 3 is 2.00 bits per heavy atom. The summed E-state index contributed by atoms with van der Waals surface area (Å²) in [6, 6.07) is 0. The summed E-state index contributed by atoms with van der Waals surface area (Å²) in [7, 11) is 3.42. The predicted octanol–water partition coefficient (Wildman–Crippen LogP) is -0.451. The summed E-state index contributed by atoms with van der Waals surface area (Å²) in [5.74, 6) is -0.925. The molecule has 0 amide bonds. The van der Waals surface area contributed by atoms with Crippen molar-refractivity contribution in [1.82, 2.24) is 0 Å². The number of hydrogen-bond acceptors (Lipinski definition) is 4. The van der Waals surface area contributed by atoms with Crippen molar-refractivity contribution in [1.29, 1.82) is 0 Å². The Hall–Kier alpha value is -0.650. The van der Waals surface area contributed by atoms with Crippen LogP contribution in [0.4, 0.5) is 0 Å². The third-order valence-electron chi connectivity index (χ3n) is 2.29. The van der Waals surface area contributed by atoms with E-state index in [0.29, 0.717) is 0 Å². The summed E-state index contributed by atoms with van der Waals surface area (Å²) >= 11 is 0. The van der Waals surface area contributed by atoms with E-state index in [0.717, 1.165) is 52.0 Å². The lowest BCUT2D eigenvalue weighted by Gasteiger charge is -1.99. The number of carbonyl (C=O) groups excluding carboxylic acids is 1. The molecule has 5 heteroatoms. The Morgan fingerprint density at radius 1 is 1.06 bits per heavy atom. The molecular formula is C13H29NO4. The zero-order valence-electron chi connectivity index (χ0n) is 12.1. The highest BCUT2D eigenvalue weighted by Gasteiger charge is 1.87. The van der Waals surface area contributed by atoms with Crippen molar-refractivity contribution in [3.8, 4) is 0 Å². The van der Waals surface area contributed by atoms with Crippen LogP contribution in [0.2, 0.25) is 0 Å². The van der Waals surface area contributed by atoms with Crippen LogP contribution >= 0.6 is 0 Å². The van der Waals surface area contributed by atoms with Crippen LogP contribution < -0.4 is 10.4 Å². The van der Waals surface area contributed by atoms with Gasteiger partial charge in [0.2, 0.25) is 0 Å². The van der Waals surface area contributed by atoms with E-state index in [4.69, 9.17) is 9.47 Å². The lowest BCUT2D eigenvalue weighted by molar-refractivity contribution is -0.657. The molecule has 0 saturated carbocycles. The highest BCUT2D eigenvalue weighted by molar-refractivity contribution is 5.63. The standard InChI is InChI=1S/C7H14O2.C6H15NO2/c1-2-3-4-5-6-7(8)9;1-8-5-3-7-4-6-9-2/h2-6H2,1H3,(H,8,9);7H,3-6H2,1-2H3. The van der Waals surface area contributed by atoms with Crippen molar-refractivity contribution in [2.24, 2.45) is 0 Å². The Morgan fingerprint density at radius 2 is 1.61 bits per heavy atom. The fourth-order valence-electron chi connectivity index (χ4n) is 1.24. The van der Waals surface area contributed by atoms with Gasteiger partial charge in [0, 0.05) is 20.2 Å². The summed E-state index contributed by atoms with van der Waals surface area (Å²) in [6.45, 7) is 5.80. The molecule has 0 aromatic heterocycles. The SMILES string of the molecule is CCCCCCC(=O)[O-].COCC[NH2+]CCOC. The van der Waals surface area contributed by atoms with Gasteiger partial charge in [-0.25, -0.2) is 0 Å². The first kappa shape index (κ1) is 19.7. The molecule has 0 aliphatic carbocycles. The number of quaternary nitrogens is 1. The van der Waals surface area contributed by atoms with E-state index in [2.05, 4.69) is 12.2 Å². The predicted molar refractivity (Wildman–Crippen MR) is 69.2 cm³/mol. The summed E-state index contributed by atoms with van der Waals surface area (Å²) in [5, 5.41) is 12.0. The van der Waals surface area contributed by atoms with Crippen molar-refractivity contribution in [3.05, 3.63) is 0 Å². The van der Waals surface area contributed by atoms with Gasteiger partial charge in [0.05, 0.1) is 26.3 Å². The molecule has 0 aliphatic rings. The number of carbonyl (C=O) groups is 1. The quantitative estimate of drug-likeness (QED) is 0.512. The summed E-state index contributed by atoms with van der Waals surface area (Å²) in [5.41, 5.74) is 0. The van der Waals surface area contributed by atoms with Gasteiger partial charge >= 0.3 is 0 Å². The largest absolute Gasteiger partial charge is 0.550 e. The Kier molecular flexibility index (Phi) is 20.5. The van der Waals surface area contributed by atoms with E-state index in [9.17, 15) is 9.90 Å². The second-order valence-corrected chi connectivity index (χ2v) is 4.03. The summed E-state index contributed by atoms with van der Waals surface area (Å²) in [4.78, 5) is 9.85. The van der Waals surface area contributed by atoms with Crippen LogP contribution in [0, 0.1) is 0 Å². The van der Waals surface area contributed by atoms with Gasteiger partial charge < -0.3 is 24.7 Å². The van der Waals surface area contributed by atoms with Crippen molar-refractivity contribution >= 4 is 5.97 Å². The molecule has 0 saturated heterocycles. The lowest BCUT2D eigenvalue weighted by Crippen LogP contribution is -2.86. The van der Waals surface area contributed by atoms with Crippen LogP contribution in [-0.2, 0) is 14.3 Å². The average molecular weight is 263 g/mol. The molecule has 0 spiro atoms. The Balaban J connectivity index is 0. The van der Waals surface area contributed by atoms with Crippen molar-refractivity contribution in [3.63, 3.8) is 0 Å². The van der Waals surface area contributed by atoms with Crippen LogP contribution in [0.1, 0.15) is 39.0 Å². The monoisotopic (exact) mass is 263 g/mol. The van der Waals surface area contributed by atoms with Crippen LogP contribution in [0.25, 0.3) is 0 Å². The normalized spacial score (nSPS) is 9.72. The maximum Gasteiger partial charge on any atom is 0.0993 e. The van der Waals surface area contributed by atoms with Crippen LogP contribution in [0.3, 0.4) is 0 Å². The van der Waals surface area contributed by atoms with Gasteiger partial charge in [-0.05, 0) is 12.8 Å². The molecule has 18 heavy (non-hydrogen) atoms. The second kappa shape index (κ2) is 18.7. The molecule has 0 heterocycles. The summed E-state index contributed by atoms with van der Waals surface area (Å²) in [6.07, 6.45) is 4.29. The number of carboxylic acid groups (broad SMARTS) is 1. The number of ether oxygens (including phenoxy) is 2. The van der Waals surface area contributed by atoms with E-state index in [-0.39, 0.29) is 6.42 Å². The maximum absolute atomic E-state index is 9.85. The highest BCUT2D eigenvalue weighted by atomic mass is 16.5. The Labute approximate surface area is 111 Å². The number of nitrogens with two attached hydrogens (primary N) is 1. The molecule has 0 rings (SSSR count). The van der Waals surface area contributed by atoms with E-state index >= 15 is 0 Å². The molecule has 2 N–H and O–H groups in total. The number of methoxy groups -OCH3 is 2. The van der Waals surface area contributed by atoms with Gasteiger partial charge in [0.25, 0.3) is 0 Å². The molecule has 0 aromatic rings. The fourth-order valence-corrected chi connectivity index (χ4v) is 1.24. The average Bonchev–Trinajstić information content (AvgIpc) is 2.35. The summed E-state index contributed by atoms with van der Waals surface area (Å²) < 4.78 is 9.70. The molecule has 5 nitrogen and oxygen atoms in total. The van der Waals surface area contributed by atoms with Crippen molar-refractivity contribution < 1.29 is 24.7 Å². The molecule has 0 unspecified atom stereocenters. The van der Waals surface area contributed by atoms with Gasteiger partial charge in [-0.15, -0.1) is 0 Å². The first-order valence-corrected chi connectivity index (χ1v) is 6.68. The van der Waals surface area contributed by atoms with Gasteiger partial charge in [-0.1, -0.05) is 26.2 Å². The molecule has 0 aliphatic heterocycles. The minimum Gasteiger partial charge on any atom is -0.550 e. The van der Waals surface area contributed by atoms with Crippen LogP contribution in [0.5, 0.6) is 0 Å². The van der Waals surface area contributed by atoms with Gasteiger partial charge in [0.1, 0.15) is 0 Å². The Bertz CT molecular complexity index is 159. The number of aliphatic carboxylic acids is 1. The van der Waals surface area contributed by atoms with Crippen molar-refractivity contribution in [2.75, 3.05) is 40.5 Å². The van der Waals surface area contributed by atoms with E-state index in [1.165, 1.54) is 0 Å². The van der Waals surface area contributed by atoms with Gasteiger partial charge in [-0.3, -0.25) is 0 Å². The maximum atomic E-state index is 9.85. The van der Waals surface area contributed by atoms with Crippen LogP contribution in [-0.4, -0.2) is 46.5 Å². The second-order valence-electron chi connectivity index (χ2n) is 4.03.